The van der Waals surface area contributed by atoms with Crippen LogP contribution >= 0.6 is 0 Å². The quantitative estimate of drug-likeness (QED) is 0.600. The summed E-state index contributed by atoms with van der Waals surface area (Å²) in [5.41, 5.74) is -1.24. The molecule has 0 unspecified atom stereocenters. The number of carbonyl (C=O) groups is 1. The molecule has 9 nitrogen and oxygen atoms in total. The Morgan fingerprint density at radius 2 is 2.11 bits per heavy atom. The van der Waals surface area contributed by atoms with Gasteiger partial charge in [-0.25, -0.2) is 4.98 Å². The molecule has 0 saturated heterocycles. The number of amides is 1. The minimum absolute atomic E-state index is 0.156. The van der Waals surface area contributed by atoms with Gasteiger partial charge < -0.3 is 4.90 Å². The molecule has 0 atom stereocenters. The molecular weight excluding hydrogens is 350 g/mol. The van der Waals surface area contributed by atoms with Crippen LogP contribution < -0.4 is 5.56 Å². The van der Waals surface area contributed by atoms with Crippen molar-refractivity contribution in [3.05, 3.63) is 45.0 Å². The Bertz CT molecular complexity index is 1000. The lowest BCUT2D eigenvalue weighted by molar-refractivity contribution is -0.384. The number of hydrogen-bond acceptors (Lipinski definition) is 6. The third kappa shape index (κ3) is 3.38. The van der Waals surface area contributed by atoms with E-state index in [0.29, 0.717) is 12.8 Å². The smallest absolute Gasteiger partial charge is 0.271 e. The maximum absolute atomic E-state index is 12.7. The van der Waals surface area contributed by atoms with Gasteiger partial charge in [-0.3, -0.25) is 24.3 Å². The molecule has 0 spiro atoms. The lowest BCUT2D eigenvalue weighted by Crippen LogP contribution is -2.51. The third-order valence-corrected chi connectivity index (χ3v) is 5.23. The van der Waals surface area contributed by atoms with Gasteiger partial charge in [-0.05, 0) is 18.9 Å². The summed E-state index contributed by atoms with van der Waals surface area (Å²) in [5, 5.41) is 20.7. The summed E-state index contributed by atoms with van der Waals surface area (Å²) in [6.45, 7) is -0.237. The molecule has 140 valence electrons. The van der Waals surface area contributed by atoms with Gasteiger partial charge in [-0.1, -0.05) is 19.3 Å². The van der Waals surface area contributed by atoms with Crippen molar-refractivity contribution < 1.29 is 9.72 Å². The van der Waals surface area contributed by atoms with Crippen LogP contribution in [0.5, 0.6) is 0 Å². The zero-order valence-electron chi connectivity index (χ0n) is 14.9. The van der Waals surface area contributed by atoms with Gasteiger partial charge in [0.25, 0.3) is 11.2 Å². The standard InChI is InChI=1S/C18H19N5O4/c1-21(18(11-19)7-3-2-4-8-18)16(24)10-22-12-20-15-9-13(23(26)27)5-6-14(15)17(22)25/h5-6,9,12H,2-4,7-8,10H2,1H3. The Hall–Kier alpha value is -3.28. The van der Waals surface area contributed by atoms with Crippen molar-refractivity contribution in [2.45, 2.75) is 44.2 Å². The average Bonchev–Trinajstić information content (AvgIpc) is 2.69. The fourth-order valence-corrected chi connectivity index (χ4v) is 3.52. The molecule has 1 aromatic carbocycles. The van der Waals surface area contributed by atoms with E-state index in [-0.39, 0.29) is 29.0 Å². The number of nitro groups is 1. The molecule has 0 bridgehead atoms. The second-order valence-corrected chi connectivity index (χ2v) is 6.79. The average molecular weight is 369 g/mol. The highest BCUT2D eigenvalue weighted by Crippen LogP contribution is 2.32. The second-order valence-electron chi connectivity index (χ2n) is 6.79. The summed E-state index contributed by atoms with van der Waals surface area (Å²) in [5.74, 6) is -0.344. The topological polar surface area (TPSA) is 122 Å². The van der Waals surface area contributed by atoms with E-state index in [4.69, 9.17) is 0 Å². The van der Waals surface area contributed by atoms with Crippen LogP contribution in [0.2, 0.25) is 0 Å². The highest BCUT2D eigenvalue weighted by Gasteiger charge is 2.38. The molecule has 1 aromatic heterocycles. The normalized spacial score (nSPS) is 15.9. The van der Waals surface area contributed by atoms with Crippen molar-refractivity contribution in [1.29, 1.82) is 5.26 Å². The number of nitriles is 1. The van der Waals surface area contributed by atoms with E-state index >= 15 is 0 Å². The predicted molar refractivity (Wildman–Crippen MR) is 96.9 cm³/mol. The number of nitrogens with zero attached hydrogens (tertiary/aromatic N) is 5. The summed E-state index contributed by atoms with van der Waals surface area (Å²) in [6, 6.07) is 6.08. The molecule has 0 radical (unpaired) electrons. The van der Waals surface area contributed by atoms with Gasteiger partial charge in [-0.2, -0.15) is 5.26 Å². The third-order valence-electron chi connectivity index (χ3n) is 5.23. The maximum Gasteiger partial charge on any atom is 0.271 e. The second kappa shape index (κ2) is 7.15. The summed E-state index contributed by atoms with van der Waals surface area (Å²) >= 11 is 0. The molecule has 1 saturated carbocycles. The van der Waals surface area contributed by atoms with E-state index in [2.05, 4.69) is 11.1 Å². The highest BCUT2D eigenvalue weighted by atomic mass is 16.6. The fourth-order valence-electron chi connectivity index (χ4n) is 3.52. The van der Waals surface area contributed by atoms with Crippen LogP contribution in [-0.2, 0) is 11.3 Å². The molecule has 1 amide bonds. The first kappa shape index (κ1) is 18.5. The summed E-state index contributed by atoms with van der Waals surface area (Å²) < 4.78 is 1.17. The van der Waals surface area contributed by atoms with Crippen LogP contribution in [0.25, 0.3) is 10.9 Å². The summed E-state index contributed by atoms with van der Waals surface area (Å²) in [7, 11) is 1.60. The fraction of sp³-hybridized carbons (Fsp3) is 0.444. The highest BCUT2D eigenvalue weighted by molar-refractivity contribution is 5.81. The molecule has 1 aliphatic carbocycles. The number of benzene rings is 1. The minimum Gasteiger partial charge on any atom is -0.325 e. The number of likely N-dealkylation sites (N-methyl/N-ethyl adjacent to an activating group) is 1. The molecule has 27 heavy (non-hydrogen) atoms. The number of carbonyl (C=O) groups excluding carboxylic acids is 1. The van der Waals surface area contributed by atoms with Crippen LogP contribution in [0.3, 0.4) is 0 Å². The van der Waals surface area contributed by atoms with E-state index in [9.17, 15) is 25.0 Å². The van der Waals surface area contributed by atoms with Crippen LogP contribution in [0, 0.1) is 21.4 Å². The molecule has 1 aliphatic rings. The number of hydrogen-bond donors (Lipinski definition) is 0. The number of aromatic nitrogens is 2. The van der Waals surface area contributed by atoms with Gasteiger partial charge in [0, 0.05) is 19.2 Å². The van der Waals surface area contributed by atoms with Crippen LogP contribution in [0.4, 0.5) is 5.69 Å². The Kier molecular flexibility index (Phi) is 4.90. The summed E-state index contributed by atoms with van der Waals surface area (Å²) in [6.07, 6.45) is 5.29. The molecule has 2 aromatic rings. The Labute approximate surface area is 155 Å². The first-order valence-corrected chi connectivity index (χ1v) is 8.69. The van der Waals surface area contributed by atoms with Crippen molar-refractivity contribution in [2.75, 3.05) is 7.05 Å². The van der Waals surface area contributed by atoms with E-state index in [1.54, 1.807) is 7.05 Å². The number of nitro benzene ring substituents is 1. The van der Waals surface area contributed by atoms with Gasteiger partial charge in [0.05, 0.1) is 28.2 Å². The lowest BCUT2D eigenvalue weighted by Gasteiger charge is -2.39. The van der Waals surface area contributed by atoms with Gasteiger partial charge in [0.1, 0.15) is 12.1 Å². The zero-order valence-corrected chi connectivity index (χ0v) is 14.9. The van der Waals surface area contributed by atoms with Crippen molar-refractivity contribution in [3.8, 4) is 6.07 Å². The molecule has 1 fully saturated rings. The number of rotatable bonds is 4. The molecule has 9 heteroatoms. The van der Waals surface area contributed by atoms with Gasteiger partial charge >= 0.3 is 0 Å². The Balaban J connectivity index is 1.88. The first-order chi connectivity index (χ1) is 12.9. The molecule has 1 heterocycles. The maximum atomic E-state index is 12.7. The molecule has 3 rings (SSSR count). The minimum atomic E-state index is -0.830. The van der Waals surface area contributed by atoms with Crippen molar-refractivity contribution in [1.82, 2.24) is 14.5 Å². The van der Waals surface area contributed by atoms with Crippen molar-refractivity contribution in [2.24, 2.45) is 0 Å². The first-order valence-electron chi connectivity index (χ1n) is 8.69. The van der Waals surface area contributed by atoms with Crippen LogP contribution in [-0.4, -0.2) is 37.9 Å². The van der Waals surface area contributed by atoms with Gasteiger partial charge in [0.15, 0.2) is 0 Å². The molecular formula is C18H19N5O4. The van der Waals surface area contributed by atoms with Crippen LogP contribution in [0.15, 0.2) is 29.3 Å². The van der Waals surface area contributed by atoms with Crippen molar-refractivity contribution >= 4 is 22.5 Å². The summed E-state index contributed by atoms with van der Waals surface area (Å²) in [4.78, 5) is 41.1. The Morgan fingerprint density at radius 1 is 1.41 bits per heavy atom. The lowest BCUT2D eigenvalue weighted by atomic mass is 9.81. The van der Waals surface area contributed by atoms with E-state index in [1.807, 2.05) is 0 Å². The van der Waals surface area contributed by atoms with Gasteiger partial charge in [-0.15, -0.1) is 0 Å². The zero-order chi connectivity index (χ0) is 19.6. The van der Waals surface area contributed by atoms with E-state index in [1.165, 1.54) is 34.0 Å². The van der Waals surface area contributed by atoms with Crippen molar-refractivity contribution in [3.63, 3.8) is 0 Å². The predicted octanol–water partition coefficient (Wildman–Crippen LogP) is 1.99. The van der Waals surface area contributed by atoms with E-state index in [0.717, 1.165) is 19.3 Å². The Morgan fingerprint density at radius 3 is 2.74 bits per heavy atom. The SMILES string of the molecule is CN(C(=O)Cn1cnc2cc([N+](=O)[O-])ccc2c1=O)C1(C#N)CCCCC1. The number of non-ortho nitro benzene ring substituents is 1. The monoisotopic (exact) mass is 369 g/mol. The van der Waals surface area contributed by atoms with E-state index < -0.39 is 16.0 Å². The molecule has 0 aliphatic heterocycles. The number of fused-ring (bicyclic) bond motifs is 1. The van der Waals surface area contributed by atoms with Gasteiger partial charge in [0.2, 0.25) is 5.91 Å². The molecule has 0 N–H and O–H groups in total. The van der Waals surface area contributed by atoms with Crippen LogP contribution in [0.1, 0.15) is 32.1 Å². The largest absolute Gasteiger partial charge is 0.325 e.